The van der Waals surface area contributed by atoms with Crippen LogP contribution in [0.25, 0.3) is 0 Å². The van der Waals surface area contributed by atoms with Crippen LogP contribution < -0.4 is 5.73 Å². The van der Waals surface area contributed by atoms with Crippen LogP contribution in [0.2, 0.25) is 0 Å². The summed E-state index contributed by atoms with van der Waals surface area (Å²) in [6.07, 6.45) is 8.80. The SMILES string of the molecule is CCC1CCCC(O)(C2(N)CC2)CC1. The molecule has 82 valence electrons. The fourth-order valence-corrected chi connectivity index (χ4v) is 2.90. The lowest BCUT2D eigenvalue weighted by atomic mass is 9.84. The van der Waals surface area contributed by atoms with Crippen LogP contribution in [0.1, 0.15) is 58.3 Å². The van der Waals surface area contributed by atoms with Crippen molar-refractivity contribution in [3.63, 3.8) is 0 Å². The Balaban J connectivity index is 2.00. The Labute approximate surface area is 86.9 Å². The lowest BCUT2D eigenvalue weighted by Gasteiger charge is -2.33. The normalized spacial score (nSPS) is 41.8. The minimum absolute atomic E-state index is 0.213. The van der Waals surface area contributed by atoms with Crippen LogP contribution >= 0.6 is 0 Å². The minimum atomic E-state index is -0.531. The monoisotopic (exact) mass is 197 g/mol. The third-order valence-corrected chi connectivity index (χ3v) is 4.46. The molecule has 2 aliphatic rings. The van der Waals surface area contributed by atoms with E-state index < -0.39 is 5.60 Å². The number of rotatable bonds is 2. The molecule has 2 unspecified atom stereocenters. The van der Waals surface area contributed by atoms with E-state index in [1.807, 2.05) is 0 Å². The van der Waals surface area contributed by atoms with Crippen molar-refractivity contribution in [1.82, 2.24) is 0 Å². The highest BCUT2D eigenvalue weighted by atomic mass is 16.3. The van der Waals surface area contributed by atoms with Crippen molar-refractivity contribution >= 4 is 0 Å². The summed E-state index contributed by atoms with van der Waals surface area (Å²) >= 11 is 0. The Kier molecular flexibility index (Phi) is 2.61. The first-order chi connectivity index (χ1) is 6.60. The Morgan fingerprint density at radius 2 is 1.93 bits per heavy atom. The van der Waals surface area contributed by atoms with Crippen molar-refractivity contribution in [3.05, 3.63) is 0 Å². The molecule has 2 aliphatic carbocycles. The molecule has 14 heavy (non-hydrogen) atoms. The smallest absolute Gasteiger partial charge is 0.0826 e. The van der Waals surface area contributed by atoms with E-state index in [0.717, 1.165) is 38.0 Å². The third kappa shape index (κ3) is 1.70. The molecular formula is C12H23NO. The van der Waals surface area contributed by atoms with Gasteiger partial charge in [-0.3, -0.25) is 0 Å². The van der Waals surface area contributed by atoms with Gasteiger partial charge in [0.15, 0.2) is 0 Å². The highest BCUT2D eigenvalue weighted by Crippen LogP contribution is 2.49. The quantitative estimate of drug-likeness (QED) is 0.667. The summed E-state index contributed by atoms with van der Waals surface area (Å²) in [5, 5.41) is 10.5. The molecule has 0 aromatic carbocycles. The highest BCUT2D eigenvalue weighted by Gasteiger charge is 2.55. The number of aliphatic hydroxyl groups is 1. The average molecular weight is 197 g/mol. The van der Waals surface area contributed by atoms with E-state index in [0.29, 0.717) is 0 Å². The number of hydrogen-bond acceptors (Lipinski definition) is 2. The lowest BCUT2D eigenvalue weighted by molar-refractivity contribution is -0.0112. The molecule has 0 saturated heterocycles. The topological polar surface area (TPSA) is 46.2 Å². The van der Waals surface area contributed by atoms with Crippen LogP contribution in [0, 0.1) is 5.92 Å². The molecule has 2 heteroatoms. The molecule has 2 atom stereocenters. The Bertz CT molecular complexity index is 212. The summed E-state index contributed by atoms with van der Waals surface area (Å²) in [6.45, 7) is 2.25. The highest BCUT2D eigenvalue weighted by molar-refractivity contribution is 5.14. The maximum Gasteiger partial charge on any atom is 0.0826 e. The van der Waals surface area contributed by atoms with Gasteiger partial charge in [-0.05, 0) is 38.0 Å². The lowest BCUT2D eigenvalue weighted by Crippen LogP contribution is -2.50. The number of nitrogens with two attached hydrogens (primary N) is 1. The van der Waals surface area contributed by atoms with Gasteiger partial charge in [0.05, 0.1) is 5.60 Å². The summed E-state index contributed by atoms with van der Waals surface area (Å²) in [4.78, 5) is 0. The molecule has 3 N–H and O–H groups in total. The average Bonchev–Trinajstić information content (AvgIpc) is 2.92. The summed E-state index contributed by atoms with van der Waals surface area (Å²) < 4.78 is 0. The van der Waals surface area contributed by atoms with Crippen molar-refractivity contribution in [1.29, 1.82) is 0 Å². The summed E-state index contributed by atoms with van der Waals surface area (Å²) in [6, 6.07) is 0. The van der Waals surface area contributed by atoms with Crippen LogP contribution in [0.3, 0.4) is 0 Å². The fraction of sp³-hybridized carbons (Fsp3) is 1.00. The van der Waals surface area contributed by atoms with Crippen molar-refractivity contribution in [3.8, 4) is 0 Å². The molecule has 2 rings (SSSR count). The molecule has 0 aliphatic heterocycles. The Morgan fingerprint density at radius 3 is 2.50 bits per heavy atom. The van der Waals surface area contributed by atoms with Gasteiger partial charge in [-0.2, -0.15) is 0 Å². The van der Waals surface area contributed by atoms with Crippen LogP contribution in [0.5, 0.6) is 0 Å². The first-order valence-electron chi connectivity index (χ1n) is 6.11. The summed E-state index contributed by atoms with van der Waals surface area (Å²) in [5.41, 5.74) is 5.42. The predicted octanol–water partition coefficient (Wildman–Crippen LogP) is 2.20. The Hall–Kier alpha value is -0.0800. The van der Waals surface area contributed by atoms with Gasteiger partial charge in [-0.1, -0.05) is 26.2 Å². The second-order valence-electron chi connectivity index (χ2n) is 5.39. The predicted molar refractivity (Wildman–Crippen MR) is 58.0 cm³/mol. The van der Waals surface area contributed by atoms with Crippen molar-refractivity contribution in [2.24, 2.45) is 11.7 Å². The zero-order chi connectivity index (χ0) is 10.2. The zero-order valence-corrected chi connectivity index (χ0v) is 9.26. The molecule has 2 fully saturated rings. The first-order valence-corrected chi connectivity index (χ1v) is 6.11. The molecule has 0 radical (unpaired) electrons. The van der Waals surface area contributed by atoms with Gasteiger partial charge in [0.2, 0.25) is 0 Å². The van der Waals surface area contributed by atoms with E-state index in [4.69, 9.17) is 5.73 Å². The minimum Gasteiger partial charge on any atom is -0.388 e. The van der Waals surface area contributed by atoms with Crippen LogP contribution in [-0.4, -0.2) is 16.2 Å². The van der Waals surface area contributed by atoms with E-state index >= 15 is 0 Å². The molecular weight excluding hydrogens is 174 g/mol. The molecule has 0 spiro atoms. The van der Waals surface area contributed by atoms with Crippen LogP contribution in [0.15, 0.2) is 0 Å². The summed E-state index contributed by atoms with van der Waals surface area (Å²) in [7, 11) is 0. The second-order valence-corrected chi connectivity index (χ2v) is 5.39. The maximum atomic E-state index is 10.5. The van der Waals surface area contributed by atoms with E-state index in [1.165, 1.54) is 19.3 Å². The van der Waals surface area contributed by atoms with Crippen molar-refractivity contribution < 1.29 is 5.11 Å². The van der Waals surface area contributed by atoms with Crippen molar-refractivity contribution in [2.45, 2.75) is 69.4 Å². The van der Waals surface area contributed by atoms with Gasteiger partial charge in [-0.15, -0.1) is 0 Å². The standard InChI is InChI=1S/C12H23NO/c1-2-10-4-3-6-12(14,7-5-10)11(13)8-9-11/h10,14H,2-9,13H2,1H3. The maximum absolute atomic E-state index is 10.5. The fourth-order valence-electron chi connectivity index (χ4n) is 2.90. The molecule has 0 bridgehead atoms. The van der Waals surface area contributed by atoms with E-state index in [9.17, 15) is 5.11 Å². The van der Waals surface area contributed by atoms with E-state index in [2.05, 4.69) is 6.92 Å². The van der Waals surface area contributed by atoms with Gasteiger partial charge < -0.3 is 10.8 Å². The molecule has 2 saturated carbocycles. The van der Waals surface area contributed by atoms with Crippen molar-refractivity contribution in [2.75, 3.05) is 0 Å². The third-order valence-electron chi connectivity index (χ3n) is 4.46. The summed E-state index contributed by atoms with van der Waals surface area (Å²) in [5.74, 6) is 0.825. The Morgan fingerprint density at radius 1 is 1.21 bits per heavy atom. The van der Waals surface area contributed by atoms with Crippen LogP contribution in [-0.2, 0) is 0 Å². The molecule has 0 amide bonds. The number of hydrogen-bond donors (Lipinski definition) is 2. The van der Waals surface area contributed by atoms with Gasteiger partial charge >= 0.3 is 0 Å². The van der Waals surface area contributed by atoms with E-state index in [1.54, 1.807) is 0 Å². The molecule has 0 heterocycles. The van der Waals surface area contributed by atoms with E-state index in [-0.39, 0.29) is 5.54 Å². The van der Waals surface area contributed by atoms with Gasteiger partial charge in [0.1, 0.15) is 0 Å². The van der Waals surface area contributed by atoms with Gasteiger partial charge in [0.25, 0.3) is 0 Å². The van der Waals surface area contributed by atoms with Gasteiger partial charge in [-0.25, -0.2) is 0 Å². The van der Waals surface area contributed by atoms with Gasteiger partial charge in [0, 0.05) is 5.54 Å². The molecule has 0 aromatic rings. The molecule has 0 aromatic heterocycles. The molecule has 2 nitrogen and oxygen atoms in total. The largest absolute Gasteiger partial charge is 0.388 e. The second kappa shape index (κ2) is 3.49. The first kappa shape index (κ1) is 10.4. The zero-order valence-electron chi connectivity index (χ0n) is 9.26. The van der Waals surface area contributed by atoms with Crippen LogP contribution in [0.4, 0.5) is 0 Å².